The first kappa shape index (κ1) is 13.1. The molecule has 0 bridgehead atoms. The lowest BCUT2D eigenvalue weighted by Crippen LogP contribution is -2.13. The van der Waals surface area contributed by atoms with Gasteiger partial charge in [0.05, 0.1) is 11.5 Å². The number of nitro groups is 1. The Labute approximate surface area is 98.8 Å². The number of ether oxygens (including phenoxy) is 1. The van der Waals surface area contributed by atoms with Crippen LogP contribution in [0.2, 0.25) is 0 Å². The highest BCUT2D eigenvalue weighted by molar-refractivity contribution is 5.96. The molecule has 1 heterocycles. The van der Waals surface area contributed by atoms with Crippen molar-refractivity contribution in [3.63, 3.8) is 0 Å². The summed E-state index contributed by atoms with van der Waals surface area (Å²) in [6.07, 6.45) is 0. The second kappa shape index (κ2) is 4.90. The Morgan fingerprint density at radius 3 is 2.41 bits per heavy atom. The Hall–Kier alpha value is -1.98. The van der Waals surface area contributed by atoms with Crippen LogP contribution >= 0.6 is 0 Å². The fourth-order valence-corrected chi connectivity index (χ4v) is 1.60. The van der Waals surface area contributed by atoms with Crippen molar-refractivity contribution in [2.75, 3.05) is 6.61 Å². The van der Waals surface area contributed by atoms with Crippen molar-refractivity contribution in [3.05, 3.63) is 32.6 Å². The molecule has 0 spiro atoms. The minimum absolute atomic E-state index is 0.00171. The van der Waals surface area contributed by atoms with Gasteiger partial charge in [0.2, 0.25) is 0 Å². The first-order chi connectivity index (χ1) is 7.90. The van der Waals surface area contributed by atoms with Gasteiger partial charge in [-0.15, -0.1) is 0 Å². The monoisotopic (exact) mass is 238 g/mol. The van der Waals surface area contributed by atoms with Crippen molar-refractivity contribution in [1.82, 2.24) is 4.98 Å². The molecule has 0 unspecified atom stereocenters. The fourth-order valence-electron chi connectivity index (χ4n) is 1.60. The van der Waals surface area contributed by atoms with E-state index in [1.54, 1.807) is 20.8 Å². The highest BCUT2D eigenvalue weighted by atomic mass is 16.6. The molecule has 1 aromatic rings. The number of nitrogens with zero attached hydrogens (tertiary/aromatic N) is 2. The van der Waals surface area contributed by atoms with E-state index in [4.69, 9.17) is 4.74 Å². The van der Waals surface area contributed by atoms with Crippen LogP contribution in [0.15, 0.2) is 0 Å². The van der Waals surface area contributed by atoms with Crippen LogP contribution in [0.4, 0.5) is 5.69 Å². The summed E-state index contributed by atoms with van der Waals surface area (Å²) < 4.78 is 4.84. The van der Waals surface area contributed by atoms with Gasteiger partial charge in [0.1, 0.15) is 11.3 Å². The van der Waals surface area contributed by atoms with Crippen LogP contribution < -0.4 is 0 Å². The number of hydrogen-bond donors (Lipinski definition) is 0. The second-order valence-corrected chi connectivity index (χ2v) is 3.61. The molecular weight excluding hydrogens is 224 g/mol. The maximum Gasteiger partial charge on any atom is 0.345 e. The molecule has 0 N–H and O–H groups in total. The van der Waals surface area contributed by atoms with Crippen LogP contribution in [0.25, 0.3) is 0 Å². The van der Waals surface area contributed by atoms with Gasteiger partial charge in [0, 0.05) is 5.69 Å². The van der Waals surface area contributed by atoms with E-state index in [-0.39, 0.29) is 23.6 Å². The van der Waals surface area contributed by atoms with Crippen molar-refractivity contribution < 1.29 is 14.5 Å². The summed E-state index contributed by atoms with van der Waals surface area (Å²) in [6, 6.07) is 0. The number of hydrogen-bond acceptors (Lipinski definition) is 5. The van der Waals surface area contributed by atoms with Crippen molar-refractivity contribution in [3.8, 4) is 0 Å². The number of carbonyl (C=O) groups excluding carboxylic acids is 1. The molecule has 1 rings (SSSR count). The summed E-state index contributed by atoms with van der Waals surface area (Å²) in [5.41, 5.74) is 1.03. The molecule has 17 heavy (non-hydrogen) atoms. The summed E-state index contributed by atoms with van der Waals surface area (Å²) in [6.45, 7) is 6.67. The van der Waals surface area contributed by atoms with Gasteiger partial charge in [-0.3, -0.25) is 15.1 Å². The minimum Gasteiger partial charge on any atom is -0.462 e. The molecule has 1 aromatic heterocycles. The smallest absolute Gasteiger partial charge is 0.345 e. The molecule has 0 saturated heterocycles. The topological polar surface area (TPSA) is 82.3 Å². The third kappa shape index (κ3) is 2.41. The average molecular weight is 238 g/mol. The van der Waals surface area contributed by atoms with Crippen molar-refractivity contribution in [2.24, 2.45) is 0 Å². The summed E-state index contributed by atoms with van der Waals surface area (Å²) in [4.78, 5) is 26.2. The van der Waals surface area contributed by atoms with E-state index in [0.29, 0.717) is 11.3 Å². The number of pyridine rings is 1. The largest absolute Gasteiger partial charge is 0.462 e. The van der Waals surface area contributed by atoms with Gasteiger partial charge in [-0.2, -0.15) is 0 Å². The predicted octanol–water partition coefficient (Wildman–Crippen LogP) is 2.09. The number of aryl methyl sites for hydroxylation is 2. The summed E-state index contributed by atoms with van der Waals surface area (Å²) in [7, 11) is 0. The second-order valence-electron chi connectivity index (χ2n) is 3.61. The summed E-state index contributed by atoms with van der Waals surface area (Å²) in [5, 5.41) is 11.0. The molecule has 0 aliphatic heterocycles. The number of aromatic nitrogens is 1. The van der Waals surface area contributed by atoms with Gasteiger partial charge < -0.3 is 4.74 Å². The van der Waals surface area contributed by atoms with Gasteiger partial charge in [-0.05, 0) is 33.3 Å². The van der Waals surface area contributed by atoms with Gasteiger partial charge >= 0.3 is 11.7 Å². The predicted molar refractivity (Wildman–Crippen MR) is 61.1 cm³/mol. The molecule has 0 aliphatic carbocycles. The molecule has 6 heteroatoms. The van der Waals surface area contributed by atoms with E-state index in [0.717, 1.165) is 0 Å². The first-order valence-electron chi connectivity index (χ1n) is 5.19. The van der Waals surface area contributed by atoms with Gasteiger partial charge in [0.25, 0.3) is 0 Å². The SMILES string of the molecule is CCOC(=O)c1c(C)c(C)nc(C)c1[N+](=O)[O-]. The van der Waals surface area contributed by atoms with E-state index in [1.165, 1.54) is 6.92 Å². The fraction of sp³-hybridized carbons (Fsp3) is 0.455. The third-order valence-electron chi connectivity index (χ3n) is 2.49. The summed E-state index contributed by atoms with van der Waals surface area (Å²) >= 11 is 0. The number of carbonyl (C=O) groups is 1. The summed E-state index contributed by atoms with van der Waals surface area (Å²) in [5.74, 6) is -0.676. The van der Waals surface area contributed by atoms with E-state index in [9.17, 15) is 14.9 Å². The minimum atomic E-state index is -0.676. The molecule has 0 amide bonds. The first-order valence-corrected chi connectivity index (χ1v) is 5.19. The molecule has 0 aromatic carbocycles. The van der Waals surface area contributed by atoms with Crippen LogP contribution in [0.5, 0.6) is 0 Å². The number of rotatable bonds is 3. The third-order valence-corrected chi connectivity index (χ3v) is 2.49. The zero-order valence-corrected chi connectivity index (χ0v) is 10.2. The quantitative estimate of drug-likeness (QED) is 0.457. The van der Waals surface area contributed by atoms with E-state index >= 15 is 0 Å². The Balaban J connectivity index is 3.53. The van der Waals surface area contributed by atoms with Crippen molar-refractivity contribution in [2.45, 2.75) is 27.7 Å². The van der Waals surface area contributed by atoms with Crippen LogP contribution in [-0.2, 0) is 4.74 Å². The van der Waals surface area contributed by atoms with Crippen LogP contribution in [0, 0.1) is 30.9 Å². The Kier molecular flexibility index (Phi) is 3.77. The van der Waals surface area contributed by atoms with E-state index < -0.39 is 10.9 Å². The van der Waals surface area contributed by atoms with Crippen LogP contribution in [0.1, 0.15) is 34.2 Å². The highest BCUT2D eigenvalue weighted by Crippen LogP contribution is 2.27. The molecule has 6 nitrogen and oxygen atoms in total. The molecule has 0 saturated carbocycles. The van der Waals surface area contributed by atoms with Gasteiger partial charge in [0.15, 0.2) is 0 Å². The Morgan fingerprint density at radius 2 is 1.94 bits per heavy atom. The average Bonchev–Trinajstić information content (AvgIpc) is 2.22. The van der Waals surface area contributed by atoms with Crippen LogP contribution in [-0.4, -0.2) is 22.5 Å². The lowest BCUT2D eigenvalue weighted by molar-refractivity contribution is -0.386. The molecule has 0 fully saturated rings. The van der Waals surface area contributed by atoms with E-state index in [2.05, 4.69) is 4.98 Å². The maximum atomic E-state index is 11.7. The van der Waals surface area contributed by atoms with Crippen molar-refractivity contribution in [1.29, 1.82) is 0 Å². The van der Waals surface area contributed by atoms with Gasteiger partial charge in [-0.1, -0.05) is 0 Å². The standard InChI is InChI=1S/C11H14N2O4/c1-5-17-11(14)9-6(2)7(3)12-8(4)10(9)13(15)16/h5H2,1-4H3. The molecular formula is C11H14N2O4. The normalized spacial score (nSPS) is 10.1. The molecule has 0 radical (unpaired) electrons. The van der Waals surface area contributed by atoms with Gasteiger partial charge in [-0.25, -0.2) is 4.79 Å². The lowest BCUT2D eigenvalue weighted by atomic mass is 10.0. The van der Waals surface area contributed by atoms with Crippen LogP contribution in [0.3, 0.4) is 0 Å². The molecule has 0 aliphatic rings. The molecule has 0 atom stereocenters. The zero-order chi connectivity index (χ0) is 13.2. The maximum absolute atomic E-state index is 11.7. The lowest BCUT2D eigenvalue weighted by Gasteiger charge is -2.09. The Morgan fingerprint density at radius 1 is 1.35 bits per heavy atom. The number of esters is 1. The van der Waals surface area contributed by atoms with E-state index in [1.807, 2.05) is 0 Å². The molecule has 92 valence electrons. The highest BCUT2D eigenvalue weighted by Gasteiger charge is 2.28. The van der Waals surface area contributed by atoms with Crippen molar-refractivity contribution >= 4 is 11.7 Å². The Bertz CT molecular complexity index is 483. The zero-order valence-electron chi connectivity index (χ0n) is 10.2.